The molecule has 0 amide bonds. The van der Waals surface area contributed by atoms with Crippen molar-refractivity contribution in [2.75, 3.05) is 6.26 Å². The molecule has 0 unspecified atom stereocenters. The number of benzene rings is 1. The highest BCUT2D eigenvalue weighted by Gasteiger charge is 2.10. The molecule has 0 aliphatic rings. The van der Waals surface area contributed by atoms with Crippen molar-refractivity contribution in [1.82, 2.24) is 9.55 Å². The van der Waals surface area contributed by atoms with Gasteiger partial charge in [0, 0.05) is 16.6 Å². The van der Waals surface area contributed by atoms with E-state index in [0.717, 1.165) is 17.8 Å². The maximum atomic E-state index is 6.07. The van der Waals surface area contributed by atoms with E-state index in [1.54, 1.807) is 11.8 Å². The van der Waals surface area contributed by atoms with Crippen LogP contribution in [0.5, 0.6) is 0 Å². The van der Waals surface area contributed by atoms with Crippen molar-refractivity contribution in [2.45, 2.75) is 24.3 Å². The Morgan fingerprint density at radius 2 is 2.06 bits per heavy atom. The maximum absolute atomic E-state index is 6.07. The molecule has 2 aromatic rings. The van der Waals surface area contributed by atoms with E-state index >= 15 is 0 Å². The second kappa shape index (κ2) is 5.38. The largest absolute Gasteiger partial charge is 0.323 e. The number of rotatable bonds is 4. The minimum absolute atomic E-state index is 0.0396. The number of nitrogens with zero attached hydrogens (tertiary/aromatic N) is 2. The lowest BCUT2D eigenvalue weighted by atomic mass is 10.2. The highest BCUT2D eigenvalue weighted by Crippen LogP contribution is 2.21. The van der Waals surface area contributed by atoms with E-state index < -0.39 is 0 Å². The van der Waals surface area contributed by atoms with Gasteiger partial charge in [0.1, 0.15) is 0 Å². The van der Waals surface area contributed by atoms with E-state index in [-0.39, 0.29) is 6.04 Å². The summed E-state index contributed by atoms with van der Waals surface area (Å²) in [6, 6.07) is 8.46. The van der Waals surface area contributed by atoms with Crippen LogP contribution in [0.3, 0.4) is 0 Å². The van der Waals surface area contributed by atoms with Gasteiger partial charge in [0.15, 0.2) is 0 Å². The minimum Gasteiger partial charge on any atom is -0.323 e. The first-order valence-electron chi connectivity index (χ1n) is 5.68. The number of nitrogens with two attached hydrogens (primary N) is 1. The Kier molecular flexibility index (Phi) is 3.86. The lowest BCUT2D eigenvalue weighted by Gasteiger charge is -2.13. The first kappa shape index (κ1) is 12.2. The Bertz CT molecular complexity index is 476. The molecule has 1 aromatic carbocycles. The van der Waals surface area contributed by atoms with Crippen LogP contribution in [0.25, 0.3) is 5.69 Å². The number of aromatic nitrogens is 2. The highest BCUT2D eigenvalue weighted by atomic mass is 32.2. The first-order chi connectivity index (χ1) is 8.26. The standard InChI is InChI=1S/C13H17N3S/c1-3-12(14)13-8-15-9-16(13)10-4-6-11(17-2)7-5-10/h4-9,12H,3,14H2,1-2H3/t12-/m1/s1. The van der Waals surface area contributed by atoms with Gasteiger partial charge in [-0.25, -0.2) is 4.98 Å². The van der Waals surface area contributed by atoms with E-state index in [2.05, 4.69) is 47.0 Å². The molecule has 4 heteroatoms. The van der Waals surface area contributed by atoms with Crippen molar-refractivity contribution >= 4 is 11.8 Å². The molecule has 0 bridgehead atoms. The summed E-state index contributed by atoms with van der Waals surface area (Å²) < 4.78 is 2.05. The molecule has 90 valence electrons. The maximum Gasteiger partial charge on any atom is 0.0994 e. The average Bonchev–Trinajstić information content (AvgIpc) is 2.87. The Hall–Kier alpha value is -1.26. The SMILES string of the molecule is CC[C@@H](N)c1cncn1-c1ccc(SC)cc1. The van der Waals surface area contributed by atoms with Gasteiger partial charge in [0.05, 0.1) is 18.2 Å². The van der Waals surface area contributed by atoms with Crippen molar-refractivity contribution < 1.29 is 0 Å². The number of hydrogen-bond donors (Lipinski definition) is 1. The third kappa shape index (κ3) is 2.53. The van der Waals surface area contributed by atoms with Gasteiger partial charge in [-0.15, -0.1) is 11.8 Å². The summed E-state index contributed by atoms with van der Waals surface area (Å²) in [6.07, 6.45) is 6.65. The van der Waals surface area contributed by atoms with Gasteiger partial charge in [-0.05, 0) is 36.9 Å². The lowest BCUT2D eigenvalue weighted by Crippen LogP contribution is -2.13. The van der Waals surface area contributed by atoms with Gasteiger partial charge in [-0.2, -0.15) is 0 Å². The molecule has 0 aliphatic heterocycles. The van der Waals surface area contributed by atoms with E-state index in [9.17, 15) is 0 Å². The van der Waals surface area contributed by atoms with Gasteiger partial charge in [0.2, 0.25) is 0 Å². The molecule has 3 nitrogen and oxygen atoms in total. The first-order valence-corrected chi connectivity index (χ1v) is 6.91. The van der Waals surface area contributed by atoms with Crippen LogP contribution in [-0.4, -0.2) is 15.8 Å². The highest BCUT2D eigenvalue weighted by molar-refractivity contribution is 7.98. The van der Waals surface area contributed by atoms with Gasteiger partial charge in [0.25, 0.3) is 0 Å². The lowest BCUT2D eigenvalue weighted by molar-refractivity contribution is 0.659. The van der Waals surface area contributed by atoms with E-state index in [4.69, 9.17) is 5.73 Å². The minimum atomic E-state index is 0.0396. The van der Waals surface area contributed by atoms with E-state index in [1.807, 2.05) is 12.5 Å². The second-order valence-corrected chi connectivity index (χ2v) is 4.78. The molecule has 1 heterocycles. The topological polar surface area (TPSA) is 43.8 Å². The van der Waals surface area contributed by atoms with Crippen LogP contribution in [0.2, 0.25) is 0 Å². The molecule has 0 spiro atoms. The average molecular weight is 247 g/mol. The number of thioether (sulfide) groups is 1. The summed E-state index contributed by atoms with van der Waals surface area (Å²) in [5, 5.41) is 0. The van der Waals surface area contributed by atoms with Crippen LogP contribution in [0, 0.1) is 0 Å². The molecule has 0 saturated carbocycles. The normalized spacial score (nSPS) is 12.6. The van der Waals surface area contributed by atoms with Crippen LogP contribution in [0.15, 0.2) is 41.7 Å². The fourth-order valence-corrected chi connectivity index (χ4v) is 2.16. The molecule has 17 heavy (non-hydrogen) atoms. The van der Waals surface area contributed by atoms with Crippen LogP contribution < -0.4 is 5.73 Å². The van der Waals surface area contributed by atoms with Crippen molar-refractivity contribution in [3.63, 3.8) is 0 Å². The van der Waals surface area contributed by atoms with Crippen molar-refractivity contribution in [3.05, 3.63) is 42.5 Å². The van der Waals surface area contributed by atoms with Crippen molar-refractivity contribution in [1.29, 1.82) is 0 Å². The number of hydrogen-bond acceptors (Lipinski definition) is 3. The molecular weight excluding hydrogens is 230 g/mol. The van der Waals surface area contributed by atoms with Gasteiger partial charge in [-0.3, -0.25) is 0 Å². The van der Waals surface area contributed by atoms with E-state index in [0.29, 0.717) is 0 Å². The predicted octanol–water partition coefficient (Wildman–Crippen LogP) is 3.00. The third-order valence-electron chi connectivity index (χ3n) is 2.84. The summed E-state index contributed by atoms with van der Waals surface area (Å²) >= 11 is 1.74. The third-order valence-corrected chi connectivity index (χ3v) is 3.58. The summed E-state index contributed by atoms with van der Waals surface area (Å²) in [4.78, 5) is 5.45. The second-order valence-electron chi connectivity index (χ2n) is 3.90. The van der Waals surface area contributed by atoms with Crippen molar-refractivity contribution in [2.24, 2.45) is 5.73 Å². The molecule has 2 N–H and O–H groups in total. The Morgan fingerprint density at radius 1 is 1.35 bits per heavy atom. The van der Waals surface area contributed by atoms with Crippen LogP contribution in [0.4, 0.5) is 0 Å². The molecular formula is C13H17N3S. The number of imidazole rings is 1. The Labute approximate surface area is 106 Å². The fourth-order valence-electron chi connectivity index (χ4n) is 1.75. The smallest absolute Gasteiger partial charge is 0.0994 e. The zero-order valence-corrected chi connectivity index (χ0v) is 10.9. The molecule has 1 aromatic heterocycles. The Morgan fingerprint density at radius 3 is 2.65 bits per heavy atom. The molecule has 0 saturated heterocycles. The summed E-state index contributed by atoms with van der Waals surface area (Å²) in [6.45, 7) is 2.08. The molecule has 1 atom stereocenters. The summed E-state index contributed by atoms with van der Waals surface area (Å²) in [5.74, 6) is 0. The molecule has 0 radical (unpaired) electrons. The van der Waals surface area contributed by atoms with Gasteiger partial charge in [-0.1, -0.05) is 6.92 Å². The van der Waals surface area contributed by atoms with Crippen LogP contribution in [0.1, 0.15) is 25.1 Å². The zero-order valence-electron chi connectivity index (χ0n) is 10.1. The molecule has 2 rings (SSSR count). The van der Waals surface area contributed by atoms with Crippen LogP contribution in [-0.2, 0) is 0 Å². The Balaban J connectivity index is 2.35. The molecule has 0 fully saturated rings. The monoisotopic (exact) mass is 247 g/mol. The van der Waals surface area contributed by atoms with Gasteiger partial charge < -0.3 is 10.3 Å². The van der Waals surface area contributed by atoms with Crippen LogP contribution >= 0.6 is 11.8 Å². The quantitative estimate of drug-likeness (QED) is 0.845. The van der Waals surface area contributed by atoms with Gasteiger partial charge >= 0.3 is 0 Å². The predicted molar refractivity (Wildman–Crippen MR) is 72.6 cm³/mol. The summed E-state index contributed by atoms with van der Waals surface area (Å²) in [5.41, 5.74) is 8.24. The van der Waals surface area contributed by atoms with E-state index in [1.165, 1.54) is 4.90 Å². The summed E-state index contributed by atoms with van der Waals surface area (Å²) in [7, 11) is 0. The van der Waals surface area contributed by atoms with Crippen molar-refractivity contribution in [3.8, 4) is 5.69 Å². The fraction of sp³-hybridized carbons (Fsp3) is 0.308. The zero-order chi connectivity index (χ0) is 12.3. The molecule has 0 aliphatic carbocycles.